The first-order chi connectivity index (χ1) is 10.6. The van der Waals surface area contributed by atoms with Crippen molar-refractivity contribution in [1.29, 1.82) is 5.26 Å². The fraction of sp³-hybridized carbons (Fsp3) is 0.444. The molecule has 4 heteroatoms. The Morgan fingerprint density at radius 1 is 1.36 bits per heavy atom. The highest BCUT2D eigenvalue weighted by Gasteiger charge is 2.27. The second-order valence-corrected chi connectivity index (χ2v) is 6.31. The zero-order valence-electron chi connectivity index (χ0n) is 13.2. The van der Waals surface area contributed by atoms with Crippen molar-refractivity contribution >= 4 is 0 Å². The van der Waals surface area contributed by atoms with Crippen LogP contribution in [0.3, 0.4) is 0 Å². The smallest absolute Gasteiger partial charge is 0.0705 e. The fourth-order valence-electron chi connectivity index (χ4n) is 3.25. The molecule has 0 spiro atoms. The van der Waals surface area contributed by atoms with E-state index in [4.69, 9.17) is 16.1 Å². The molecule has 3 rings (SSSR count). The van der Waals surface area contributed by atoms with Crippen molar-refractivity contribution in [3.05, 3.63) is 46.8 Å². The van der Waals surface area contributed by atoms with Gasteiger partial charge in [-0.05, 0) is 42.9 Å². The van der Waals surface area contributed by atoms with Crippen LogP contribution in [0.5, 0.6) is 0 Å². The molecule has 0 amide bonds. The van der Waals surface area contributed by atoms with Gasteiger partial charge < -0.3 is 5.73 Å². The minimum atomic E-state index is 0.104. The van der Waals surface area contributed by atoms with E-state index < -0.39 is 0 Å². The van der Waals surface area contributed by atoms with Gasteiger partial charge in [0.25, 0.3) is 0 Å². The van der Waals surface area contributed by atoms with Crippen molar-refractivity contribution in [3.8, 4) is 11.8 Å². The third-order valence-corrected chi connectivity index (χ3v) is 4.36. The SMILES string of the molecule is CC(C)c1nn(-c2ccc(CC#N)cc2)c2c1C(N)CCC2. The molecule has 0 bridgehead atoms. The molecular formula is C18H22N4. The van der Waals surface area contributed by atoms with E-state index in [1.165, 1.54) is 11.3 Å². The molecule has 0 aliphatic heterocycles. The molecule has 2 N–H and O–H groups in total. The fourth-order valence-corrected chi connectivity index (χ4v) is 3.25. The molecule has 1 atom stereocenters. The highest BCUT2D eigenvalue weighted by molar-refractivity contribution is 5.42. The molecular weight excluding hydrogens is 272 g/mol. The van der Waals surface area contributed by atoms with Crippen LogP contribution >= 0.6 is 0 Å². The number of aromatic nitrogens is 2. The monoisotopic (exact) mass is 294 g/mol. The molecule has 4 nitrogen and oxygen atoms in total. The second-order valence-electron chi connectivity index (χ2n) is 6.31. The summed E-state index contributed by atoms with van der Waals surface area (Å²) in [7, 11) is 0. The lowest BCUT2D eigenvalue weighted by Crippen LogP contribution is -2.19. The van der Waals surface area contributed by atoms with E-state index in [1.54, 1.807) is 0 Å². The average Bonchev–Trinajstić information content (AvgIpc) is 2.90. The van der Waals surface area contributed by atoms with E-state index >= 15 is 0 Å². The number of nitrogens with two attached hydrogens (primary N) is 1. The van der Waals surface area contributed by atoms with Crippen LogP contribution in [-0.2, 0) is 12.8 Å². The zero-order chi connectivity index (χ0) is 15.7. The Labute approximate surface area is 131 Å². The summed E-state index contributed by atoms with van der Waals surface area (Å²) in [5, 5.41) is 13.6. The summed E-state index contributed by atoms with van der Waals surface area (Å²) >= 11 is 0. The highest BCUT2D eigenvalue weighted by atomic mass is 15.3. The summed E-state index contributed by atoms with van der Waals surface area (Å²) in [5.74, 6) is 0.372. The molecule has 114 valence electrons. The summed E-state index contributed by atoms with van der Waals surface area (Å²) < 4.78 is 2.06. The van der Waals surface area contributed by atoms with E-state index in [-0.39, 0.29) is 6.04 Å². The van der Waals surface area contributed by atoms with E-state index in [0.717, 1.165) is 36.2 Å². The van der Waals surface area contributed by atoms with Gasteiger partial charge in [0, 0.05) is 17.3 Å². The van der Waals surface area contributed by atoms with Crippen LogP contribution < -0.4 is 5.73 Å². The van der Waals surface area contributed by atoms with Gasteiger partial charge in [-0.1, -0.05) is 26.0 Å². The lowest BCUT2D eigenvalue weighted by molar-refractivity contribution is 0.554. The number of benzene rings is 1. The van der Waals surface area contributed by atoms with Gasteiger partial charge >= 0.3 is 0 Å². The summed E-state index contributed by atoms with van der Waals surface area (Å²) in [4.78, 5) is 0. The summed E-state index contributed by atoms with van der Waals surface area (Å²) in [6.45, 7) is 4.34. The van der Waals surface area contributed by atoms with Gasteiger partial charge in [-0.3, -0.25) is 0 Å². The van der Waals surface area contributed by atoms with E-state index in [1.807, 2.05) is 24.3 Å². The number of hydrogen-bond acceptors (Lipinski definition) is 3. The maximum atomic E-state index is 8.78. The van der Waals surface area contributed by atoms with Crippen LogP contribution in [0, 0.1) is 11.3 Å². The number of nitrogens with zero attached hydrogens (tertiary/aromatic N) is 3. The third kappa shape index (κ3) is 2.53. The quantitative estimate of drug-likeness (QED) is 0.943. The van der Waals surface area contributed by atoms with Crippen LogP contribution in [-0.4, -0.2) is 9.78 Å². The molecule has 0 saturated heterocycles. The predicted octanol–water partition coefficient (Wildman–Crippen LogP) is 3.40. The van der Waals surface area contributed by atoms with Gasteiger partial charge in [0.2, 0.25) is 0 Å². The van der Waals surface area contributed by atoms with Crippen molar-refractivity contribution in [2.75, 3.05) is 0 Å². The van der Waals surface area contributed by atoms with Gasteiger partial charge in [-0.25, -0.2) is 4.68 Å². The first-order valence-electron chi connectivity index (χ1n) is 7.95. The van der Waals surface area contributed by atoms with Crippen LogP contribution in [0.4, 0.5) is 0 Å². The van der Waals surface area contributed by atoms with Gasteiger partial charge in [0.1, 0.15) is 0 Å². The van der Waals surface area contributed by atoms with Crippen molar-refractivity contribution in [2.24, 2.45) is 5.73 Å². The number of nitriles is 1. The molecule has 0 saturated carbocycles. The van der Waals surface area contributed by atoms with E-state index in [0.29, 0.717) is 12.3 Å². The minimum Gasteiger partial charge on any atom is -0.324 e. The molecule has 2 aromatic rings. The average molecular weight is 294 g/mol. The van der Waals surface area contributed by atoms with Gasteiger partial charge in [0.05, 0.1) is 23.9 Å². The van der Waals surface area contributed by atoms with Crippen molar-refractivity contribution in [2.45, 2.75) is 51.5 Å². The standard InChI is InChI=1S/C18H22N4/c1-12(2)18-17-15(20)4-3-5-16(17)22(21-18)14-8-6-13(7-9-14)10-11-19/h6-9,12,15H,3-5,10,20H2,1-2H3. The largest absolute Gasteiger partial charge is 0.324 e. The Morgan fingerprint density at radius 2 is 2.09 bits per heavy atom. The van der Waals surface area contributed by atoms with Crippen molar-refractivity contribution in [1.82, 2.24) is 9.78 Å². The molecule has 1 aliphatic carbocycles. The second kappa shape index (κ2) is 5.94. The highest BCUT2D eigenvalue weighted by Crippen LogP contribution is 2.35. The van der Waals surface area contributed by atoms with Crippen LogP contribution in [0.1, 0.15) is 61.2 Å². The molecule has 22 heavy (non-hydrogen) atoms. The molecule has 1 aromatic heterocycles. The van der Waals surface area contributed by atoms with E-state index in [2.05, 4.69) is 24.6 Å². The first-order valence-corrected chi connectivity index (χ1v) is 7.95. The Balaban J connectivity index is 2.07. The molecule has 1 unspecified atom stereocenters. The van der Waals surface area contributed by atoms with Crippen LogP contribution in [0.25, 0.3) is 5.69 Å². The number of rotatable bonds is 3. The predicted molar refractivity (Wildman–Crippen MR) is 86.8 cm³/mol. The zero-order valence-corrected chi connectivity index (χ0v) is 13.2. The van der Waals surface area contributed by atoms with E-state index in [9.17, 15) is 0 Å². The van der Waals surface area contributed by atoms with Gasteiger partial charge in [0.15, 0.2) is 0 Å². The molecule has 0 fully saturated rings. The topological polar surface area (TPSA) is 67.6 Å². The molecule has 1 aromatic carbocycles. The summed E-state index contributed by atoms with van der Waals surface area (Å²) in [6, 6.07) is 10.4. The first kappa shape index (κ1) is 14.8. The number of fused-ring (bicyclic) bond motifs is 1. The Kier molecular flexibility index (Phi) is 4.00. The van der Waals surface area contributed by atoms with Gasteiger partial charge in [-0.2, -0.15) is 10.4 Å². The Hall–Kier alpha value is -2.12. The number of hydrogen-bond donors (Lipinski definition) is 1. The lowest BCUT2D eigenvalue weighted by atomic mass is 9.89. The van der Waals surface area contributed by atoms with Crippen LogP contribution in [0.15, 0.2) is 24.3 Å². The van der Waals surface area contributed by atoms with Crippen LogP contribution in [0.2, 0.25) is 0 Å². The molecule has 0 radical (unpaired) electrons. The molecule has 1 aliphatic rings. The van der Waals surface area contributed by atoms with Gasteiger partial charge in [-0.15, -0.1) is 0 Å². The summed E-state index contributed by atoms with van der Waals surface area (Å²) in [6.07, 6.45) is 3.63. The maximum Gasteiger partial charge on any atom is 0.0705 e. The Morgan fingerprint density at radius 3 is 2.73 bits per heavy atom. The van der Waals surface area contributed by atoms with Crippen molar-refractivity contribution < 1.29 is 0 Å². The lowest BCUT2D eigenvalue weighted by Gasteiger charge is -2.21. The maximum absolute atomic E-state index is 8.78. The van der Waals surface area contributed by atoms with Crippen molar-refractivity contribution in [3.63, 3.8) is 0 Å². The minimum absolute atomic E-state index is 0.104. The summed E-state index contributed by atoms with van der Waals surface area (Å²) in [5.41, 5.74) is 12.1. The normalized spacial score (nSPS) is 17.3. The third-order valence-electron chi connectivity index (χ3n) is 4.36. The Bertz CT molecular complexity index is 704. The molecule has 1 heterocycles.